The van der Waals surface area contributed by atoms with Gasteiger partial charge in [-0.3, -0.25) is 0 Å². The van der Waals surface area contributed by atoms with Crippen molar-refractivity contribution in [3.05, 3.63) is 53.6 Å². The van der Waals surface area contributed by atoms with Crippen molar-refractivity contribution in [2.75, 3.05) is 19.8 Å². The number of fused-ring (bicyclic) bond motifs is 1. The van der Waals surface area contributed by atoms with E-state index >= 15 is 0 Å². The molecule has 0 saturated heterocycles. The number of rotatable bonds is 4. The molecule has 3 rings (SSSR count). The van der Waals surface area contributed by atoms with Crippen molar-refractivity contribution in [3.8, 4) is 17.2 Å². The highest BCUT2D eigenvalue weighted by molar-refractivity contribution is 5.50. The number of ether oxygens (including phenoxy) is 3. The van der Waals surface area contributed by atoms with Crippen LogP contribution in [0, 0.1) is 0 Å². The van der Waals surface area contributed by atoms with E-state index in [0.717, 1.165) is 16.9 Å². The molecular formula is C17H18O4. The Hall–Kier alpha value is -2.20. The first-order valence-electron chi connectivity index (χ1n) is 7.09. The van der Waals surface area contributed by atoms with E-state index in [1.54, 1.807) is 0 Å². The number of hydrogen-bond acceptors (Lipinski definition) is 4. The van der Waals surface area contributed by atoms with E-state index < -0.39 is 6.10 Å². The van der Waals surface area contributed by atoms with Gasteiger partial charge in [-0.05, 0) is 30.7 Å². The summed E-state index contributed by atoms with van der Waals surface area (Å²) in [7, 11) is 0. The van der Waals surface area contributed by atoms with Crippen LogP contribution in [-0.4, -0.2) is 24.9 Å². The summed E-state index contributed by atoms with van der Waals surface area (Å²) >= 11 is 0. The maximum absolute atomic E-state index is 10.6. The minimum atomic E-state index is -0.752. The lowest BCUT2D eigenvalue weighted by Crippen LogP contribution is -2.17. The van der Waals surface area contributed by atoms with Crippen molar-refractivity contribution in [1.29, 1.82) is 0 Å². The second-order valence-corrected chi connectivity index (χ2v) is 4.78. The van der Waals surface area contributed by atoms with Gasteiger partial charge in [-0.2, -0.15) is 0 Å². The first kappa shape index (κ1) is 13.8. The lowest BCUT2D eigenvalue weighted by molar-refractivity contribution is 0.158. The monoisotopic (exact) mass is 286 g/mol. The van der Waals surface area contributed by atoms with E-state index in [1.807, 2.05) is 49.4 Å². The van der Waals surface area contributed by atoms with Crippen molar-refractivity contribution in [2.24, 2.45) is 0 Å². The minimum Gasteiger partial charge on any atom is -0.494 e. The standard InChI is InChI=1S/C17H18O4/c1-2-19-13-8-6-12(7-9-13)16(18)14-4-3-5-15-17(14)21-11-10-20-15/h3-9,16,18H,2,10-11H2,1H3. The van der Waals surface area contributed by atoms with E-state index in [1.165, 1.54) is 0 Å². The van der Waals surface area contributed by atoms with Crippen LogP contribution >= 0.6 is 0 Å². The highest BCUT2D eigenvalue weighted by Gasteiger charge is 2.21. The third kappa shape index (κ3) is 2.81. The van der Waals surface area contributed by atoms with E-state index in [-0.39, 0.29) is 0 Å². The maximum atomic E-state index is 10.6. The largest absolute Gasteiger partial charge is 0.494 e. The molecule has 4 heteroatoms. The zero-order valence-electron chi connectivity index (χ0n) is 11.9. The molecule has 1 atom stereocenters. The number of para-hydroxylation sites is 1. The molecule has 1 aliphatic rings. The highest BCUT2D eigenvalue weighted by atomic mass is 16.6. The van der Waals surface area contributed by atoms with Crippen LogP contribution in [0.25, 0.3) is 0 Å². The molecule has 4 nitrogen and oxygen atoms in total. The van der Waals surface area contributed by atoms with Gasteiger partial charge in [-0.1, -0.05) is 24.3 Å². The van der Waals surface area contributed by atoms with Crippen LogP contribution in [0.1, 0.15) is 24.2 Å². The van der Waals surface area contributed by atoms with Crippen LogP contribution < -0.4 is 14.2 Å². The van der Waals surface area contributed by atoms with Crippen molar-refractivity contribution < 1.29 is 19.3 Å². The van der Waals surface area contributed by atoms with Gasteiger partial charge < -0.3 is 19.3 Å². The van der Waals surface area contributed by atoms with Crippen molar-refractivity contribution in [1.82, 2.24) is 0 Å². The molecule has 0 spiro atoms. The summed E-state index contributed by atoms with van der Waals surface area (Å²) in [5.41, 5.74) is 1.51. The van der Waals surface area contributed by atoms with E-state index in [2.05, 4.69) is 0 Å². The Balaban J connectivity index is 1.89. The molecule has 0 amide bonds. The van der Waals surface area contributed by atoms with E-state index in [4.69, 9.17) is 14.2 Å². The second-order valence-electron chi connectivity index (χ2n) is 4.78. The second kappa shape index (κ2) is 6.06. The first-order chi connectivity index (χ1) is 10.3. The van der Waals surface area contributed by atoms with Crippen LogP contribution in [0.2, 0.25) is 0 Å². The quantitative estimate of drug-likeness (QED) is 0.938. The third-order valence-electron chi connectivity index (χ3n) is 3.40. The van der Waals surface area contributed by atoms with Gasteiger partial charge in [-0.25, -0.2) is 0 Å². The Morgan fingerprint density at radius 2 is 1.86 bits per heavy atom. The van der Waals surface area contributed by atoms with Crippen LogP contribution in [0.3, 0.4) is 0 Å². The molecule has 1 N–H and O–H groups in total. The fourth-order valence-corrected chi connectivity index (χ4v) is 2.40. The number of benzene rings is 2. The fourth-order valence-electron chi connectivity index (χ4n) is 2.40. The average Bonchev–Trinajstić information content (AvgIpc) is 2.55. The van der Waals surface area contributed by atoms with E-state index in [0.29, 0.717) is 31.3 Å². The van der Waals surface area contributed by atoms with Gasteiger partial charge in [0.1, 0.15) is 25.1 Å². The van der Waals surface area contributed by atoms with Crippen LogP contribution in [0.5, 0.6) is 17.2 Å². The van der Waals surface area contributed by atoms with Crippen LogP contribution in [0.15, 0.2) is 42.5 Å². The summed E-state index contributed by atoms with van der Waals surface area (Å²) in [5, 5.41) is 10.6. The maximum Gasteiger partial charge on any atom is 0.167 e. The summed E-state index contributed by atoms with van der Waals surface area (Å²) in [6.07, 6.45) is -0.752. The van der Waals surface area contributed by atoms with Crippen LogP contribution in [0.4, 0.5) is 0 Å². The number of aliphatic hydroxyl groups excluding tert-OH is 1. The Morgan fingerprint density at radius 1 is 1.10 bits per heavy atom. The SMILES string of the molecule is CCOc1ccc(C(O)c2cccc3c2OCCO3)cc1. The molecule has 0 bridgehead atoms. The predicted octanol–water partition coefficient (Wildman–Crippen LogP) is 2.94. The molecule has 0 fully saturated rings. The molecule has 0 aliphatic carbocycles. The Kier molecular flexibility index (Phi) is 3.97. The fraction of sp³-hybridized carbons (Fsp3) is 0.294. The Bertz CT molecular complexity index is 607. The molecule has 0 radical (unpaired) electrons. The molecule has 21 heavy (non-hydrogen) atoms. The Labute approximate surface area is 123 Å². The topological polar surface area (TPSA) is 47.9 Å². The predicted molar refractivity (Wildman–Crippen MR) is 79.1 cm³/mol. The summed E-state index contributed by atoms with van der Waals surface area (Å²) in [4.78, 5) is 0. The normalized spacial score (nSPS) is 14.6. The van der Waals surface area contributed by atoms with Gasteiger partial charge in [0.25, 0.3) is 0 Å². The summed E-state index contributed by atoms with van der Waals surface area (Å²) in [6.45, 7) is 3.60. The molecule has 110 valence electrons. The molecule has 2 aromatic rings. The zero-order chi connectivity index (χ0) is 14.7. The van der Waals surface area contributed by atoms with Crippen molar-refractivity contribution in [3.63, 3.8) is 0 Å². The van der Waals surface area contributed by atoms with Crippen LogP contribution in [-0.2, 0) is 0 Å². The highest BCUT2D eigenvalue weighted by Crippen LogP contribution is 2.39. The van der Waals surface area contributed by atoms with Gasteiger partial charge in [0.05, 0.1) is 6.61 Å². The van der Waals surface area contributed by atoms with Crippen molar-refractivity contribution in [2.45, 2.75) is 13.0 Å². The van der Waals surface area contributed by atoms with E-state index in [9.17, 15) is 5.11 Å². The first-order valence-corrected chi connectivity index (χ1v) is 7.09. The minimum absolute atomic E-state index is 0.500. The molecule has 0 aromatic heterocycles. The zero-order valence-corrected chi connectivity index (χ0v) is 11.9. The van der Waals surface area contributed by atoms with Gasteiger partial charge >= 0.3 is 0 Å². The average molecular weight is 286 g/mol. The number of hydrogen-bond donors (Lipinski definition) is 1. The van der Waals surface area contributed by atoms with Crippen molar-refractivity contribution >= 4 is 0 Å². The summed E-state index contributed by atoms with van der Waals surface area (Å²) in [6, 6.07) is 13.0. The smallest absolute Gasteiger partial charge is 0.167 e. The lowest BCUT2D eigenvalue weighted by atomic mass is 10.00. The molecule has 1 unspecified atom stereocenters. The van der Waals surface area contributed by atoms with Gasteiger partial charge in [-0.15, -0.1) is 0 Å². The van der Waals surface area contributed by atoms with Gasteiger partial charge in [0.15, 0.2) is 11.5 Å². The molecular weight excluding hydrogens is 268 g/mol. The van der Waals surface area contributed by atoms with Gasteiger partial charge in [0, 0.05) is 5.56 Å². The molecule has 0 saturated carbocycles. The lowest BCUT2D eigenvalue weighted by Gasteiger charge is -2.23. The number of aliphatic hydroxyl groups is 1. The third-order valence-corrected chi connectivity index (χ3v) is 3.40. The van der Waals surface area contributed by atoms with Gasteiger partial charge in [0.2, 0.25) is 0 Å². The Morgan fingerprint density at radius 3 is 2.62 bits per heavy atom. The summed E-state index contributed by atoms with van der Waals surface area (Å²) < 4.78 is 16.6. The molecule has 1 aliphatic heterocycles. The molecule has 2 aromatic carbocycles. The molecule has 1 heterocycles. The summed E-state index contributed by atoms with van der Waals surface area (Å²) in [5.74, 6) is 2.11.